The Morgan fingerprint density at radius 2 is 1.92 bits per heavy atom. The van der Waals surface area contributed by atoms with Gasteiger partial charge in [0.2, 0.25) is 0 Å². The molecule has 0 aliphatic carbocycles. The number of hydrogen-bond donors (Lipinski definition) is 0. The van der Waals surface area contributed by atoms with E-state index in [-0.39, 0.29) is 55.9 Å². The first-order valence-corrected chi connectivity index (χ1v) is 4.32. The first-order valence-electron chi connectivity index (χ1n) is 3.53. The molecule has 66 valence electrons. The number of hydrogen-bond acceptors (Lipinski definition) is 0. The molecule has 0 aliphatic heterocycles. The number of halogens is 4. The molecule has 0 amide bonds. The van der Waals surface area contributed by atoms with Crippen molar-refractivity contribution in [3.63, 3.8) is 0 Å². The molecule has 0 saturated carbocycles. The largest absolute Gasteiger partial charge is 1.00 e. The standard InChI is InChI=1S/C6H10BBrF3.K/c1-2-3-4-6(8)5-7(9,10)11;/h5H,2-4H2,1H3;/q-1;+1. The van der Waals surface area contributed by atoms with E-state index in [0.717, 1.165) is 12.8 Å². The zero-order chi connectivity index (χ0) is 8.91. The molecule has 0 nitrogen and oxygen atoms in total. The fourth-order valence-electron chi connectivity index (χ4n) is 0.634. The molecule has 0 aromatic rings. The van der Waals surface area contributed by atoms with E-state index < -0.39 is 6.98 Å². The van der Waals surface area contributed by atoms with Gasteiger partial charge in [0.15, 0.2) is 0 Å². The summed E-state index contributed by atoms with van der Waals surface area (Å²) in [6, 6.07) is 0. The normalized spacial score (nSPS) is 12.6. The Hall–Kier alpha value is 1.71. The van der Waals surface area contributed by atoms with Gasteiger partial charge in [0, 0.05) is 0 Å². The van der Waals surface area contributed by atoms with Crippen LogP contribution < -0.4 is 51.4 Å². The molecule has 0 unspecified atom stereocenters. The van der Waals surface area contributed by atoms with Crippen LogP contribution in [0.4, 0.5) is 12.9 Å². The summed E-state index contributed by atoms with van der Waals surface area (Å²) in [4.78, 5) is 0. The van der Waals surface area contributed by atoms with Gasteiger partial charge < -0.3 is 12.9 Å². The molecule has 0 saturated heterocycles. The molecule has 0 aliphatic rings. The quantitative estimate of drug-likeness (QED) is 0.664. The Kier molecular flexibility index (Phi) is 10.8. The van der Waals surface area contributed by atoms with Crippen LogP contribution in [0.1, 0.15) is 26.2 Å². The SMILES string of the molecule is CCCCC(Br)=C[B-](F)(F)F.[K+]. The van der Waals surface area contributed by atoms with Crippen molar-refractivity contribution in [3.05, 3.63) is 10.5 Å². The Bertz CT molecular complexity index is 146. The molecule has 0 N–H and O–H groups in total. The van der Waals surface area contributed by atoms with E-state index in [0.29, 0.717) is 12.4 Å². The van der Waals surface area contributed by atoms with Gasteiger partial charge in [-0.25, -0.2) is 0 Å². The van der Waals surface area contributed by atoms with Crippen molar-refractivity contribution in [3.8, 4) is 0 Å². The summed E-state index contributed by atoms with van der Waals surface area (Å²) < 4.78 is 35.3. The predicted octanol–water partition coefficient (Wildman–Crippen LogP) is 0.846. The average molecular weight is 269 g/mol. The summed E-state index contributed by atoms with van der Waals surface area (Å²) in [6.07, 6.45) is 2.19. The Balaban J connectivity index is 0. The smallest absolute Gasteiger partial charge is 0.445 e. The van der Waals surface area contributed by atoms with Gasteiger partial charge in [-0.05, 0) is 17.3 Å². The average Bonchev–Trinajstić information content (AvgIpc) is 1.79. The van der Waals surface area contributed by atoms with Crippen LogP contribution in [0, 0.1) is 0 Å². The minimum atomic E-state index is -4.77. The van der Waals surface area contributed by atoms with Crippen LogP contribution >= 0.6 is 15.9 Å². The van der Waals surface area contributed by atoms with Gasteiger partial charge in [0.25, 0.3) is 0 Å². The van der Waals surface area contributed by atoms with Crippen LogP contribution in [-0.4, -0.2) is 6.98 Å². The van der Waals surface area contributed by atoms with E-state index in [1.807, 2.05) is 6.92 Å². The van der Waals surface area contributed by atoms with Crippen molar-refractivity contribution in [2.24, 2.45) is 0 Å². The summed E-state index contributed by atoms with van der Waals surface area (Å²) in [6.45, 7) is -2.83. The molecular formula is C6H10BBrF3K. The second-order valence-electron chi connectivity index (χ2n) is 2.34. The maximum absolute atomic E-state index is 11.7. The van der Waals surface area contributed by atoms with Crippen molar-refractivity contribution in [2.75, 3.05) is 0 Å². The van der Waals surface area contributed by atoms with E-state index in [2.05, 4.69) is 15.9 Å². The van der Waals surface area contributed by atoms with Gasteiger partial charge in [0.1, 0.15) is 0 Å². The monoisotopic (exact) mass is 268 g/mol. The Morgan fingerprint density at radius 1 is 1.42 bits per heavy atom. The maximum Gasteiger partial charge on any atom is 1.00 e. The van der Waals surface area contributed by atoms with E-state index in [4.69, 9.17) is 0 Å². The summed E-state index contributed by atoms with van der Waals surface area (Å²) in [5.41, 5.74) is 0. The molecule has 0 heterocycles. The molecular weight excluding hydrogens is 259 g/mol. The van der Waals surface area contributed by atoms with Crippen molar-refractivity contribution in [1.29, 1.82) is 0 Å². The first kappa shape index (κ1) is 16.2. The van der Waals surface area contributed by atoms with Crippen molar-refractivity contribution >= 4 is 22.9 Å². The minimum absolute atomic E-state index is 0. The summed E-state index contributed by atoms with van der Waals surface area (Å²) in [5, 5.41) is 0. The second-order valence-corrected chi connectivity index (χ2v) is 3.36. The molecule has 0 radical (unpaired) electrons. The van der Waals surface area contributed by atoms with Gasteiger partial charge in [-0.3, -0.25) is 0 Å². The van der Waals surface area contributed by atoms with Gasteiger partial charge in [-0.15, -0.1) is 5.98 Å². The number of rotatable bonds is 4. The third kappa shape index (κ3) is 11.7. The third-order valence-corrected chi connectivity index (χ3v) is 1.80. The van der Waals surface area contributed by atoms with Crippen LogP contribution in [0.2, 0.25) is 0 Å². The fraction of sp³-hybridized carbons (Fsp3) is 0.667. The van der Waals surface area contributed by atoms with Crippen LogP contribution in [0.5, 0.6) is 0 Å². The second kappa shape index (κ2) is 8.06. The minimum Gasteiger partial charge on any atom is -0.445 e. The first-order chi connectivity index (χ1) is 4.95. The van der Waals surface area contributed by atoms with Gasteiger partial charge in [-0.2, -0.15) is 0 Å². The molecule has 0 spiro atoms. The number of unbranched alkanes of at least 4 members (excludes halogenated alkanes) is 1. The van der Waals surface area contributed by atoms with Crippen molar-refractivity contribution < 1.29 is 64.3 Å². The van der Waals surface area contributed by atoms with E-state index in [1.165, 1.54) is 0 Å². The molecule has 0 bridgehead atoms. The molecule has 6 heteroatoms. The maximum atomic E-state index is 11.7. The predicted molar refractivity (Wildman–Crippen MR) is 45.6 cm³/mol. The van der Waals surface area contributed by atoms with Crippen LogP contribution in [0.15, 0.2) is 10.5 Å². The Morgan fingerprint density at radius 3 is 2.25 bits per heavy atom. The van der Waals surface area contributed by atoms with Crippen molar-refractivity contribution in [2.45, 2.75) is 26.2 Å². The summed E-state index contributed by atoms with van der Waals surface area (Å²) in [5.74, 6) is 0.357. The molecule has 0 atom stereocenters. The number of allylic oxidation sites excluding steroid dienone is 1. The van der Waals surface area contributed by atoms with Gasteiger partial charge >= 0.3 is 58.4 Å². The zero-order valence-electron chi connectivity index (χ0n) is 7.29. The Labute approximate surface area is 122 Å². The molecule has 12 heavy (non-hydrogen) atoms. The summed E-state index contributed by atoms with van der Waals surface area (Å²) in [7, 11) is 0. The van der Waals surface area contributed by atoms with E-state index in [1.54, 1.807) is 0 Å². The summed E-state index contributed by atoms with van der Waals surface area (Å²) >= 11 is 2.87. The van der Waals surface area contributed by atoms with Crippen molar-refractivity contribution in [1.82, 2.24) is 0 Å². The van der Waals surface area contributed by atoms with Gasteiger partial charge in [0.05, 0.1) is 0 Å². The van der Waals surface area contributed by atoms with E-state index >= 15 is 0 Å². The van der Waals surface area contributed by atoms with Crippen LogP contribution in [0.25, 0.3) is 0 Å². The fourth-order valence-corrected chi connectivity index (χ4v) is 1.21. The molecule has 0 aromatic carbocycles. The zero-order valence-corrected chi connectivity index (χ0v) is 12.0. The topological polar surface area (TPSA) is 0 Å². The van der Waals surface area contributed by atoms with Crippen LogP contribution in [0.3, 0.4) is 0 Å². The van der Waals surface area contributed by atoms with Gasteiger partial charge in [-0.1, -0.05) is 29.3 Å². The van der Waals surface area contributed by atoms with Crippen LogP contribution in [-0.2, 0) is 0 Å². The molecule has 0 rings (SSSR count). The molecule has 0 fully saturated rings. The third-order valence-electron chi connectivity index (χ3n) is 1.14. The molecule has 0 aromatic heterocycles. The van der Waals surface area contributed by atoms with E-state index in [9.17, 15) is 12.9 Å².